The first-order valence-electron chi connectivity index (χ1n) is 9.69. The van der Waals surface area contributed by atoms with Crippen LogP contribution in [0.25, 0.3) is 0 Å². The summed E-state index contributed by atoms with van der Waals surface area (Å²) in [4.78, 5) is 35.4. The highest BCUT2D eigenvalue weighted by atomic mass is 35.5. The highest BCUT2D eigenvalue weighted by molar-refractivity contribution is 6.32. The van der Waals surface area contributed by atoms with Crippen LogP contribution in [-0.2, 0) is 20.7 Å². The zero-order chi connectivity index (χ0) is 23.3. The van der Waals surface area contributed by atoms with Gasteiger partial charge in [0.1, 0.15) is 11.4 Å². The number of halogens is 1. The molecule has 1 aliphatic rings. The second kappa shape index (κ2) is 10.2. The SMILES string of the molecule is COc1ccc(NC(=O)C(C)OC(=O)Cc2cc(Cl)c3c(c2)OCCCO3)c([N+](=O)[O-])c1. The standard InChI is InChI=1S/C21H21ClN2O8/c1-12(21(26)23-16-5-4-14(29-2)11-17(16)24(27)28)32-19(25)10-13-8-15(22)20-18(9-13)30-6-3-7-31-20/h4-5,8-9,11-12H,3,6-7,10H2,1-2H3,(H,23,26). The molecular weight excluding hydrogens is 444 g/mol. The number of ether oxygens (including phenoxy) is 4. The number of benzene rings is 2. The van der Waals surface area contributed by atoms with Gasteiger partial charge in [-0.25, -0.2) is 0 Å². The van der Waals surface area contributed by atoms with E-state index in [0.29, 0.717) is 41.7 Å². The lowest BCUT2D eigenvalue weighted by Crippen LogP contribution is -2.30. The number of carbonyl (C=O) groups excluding carboxylic acids is 2. The number of carbonyl (C=O) groups is 2. The Hall–Kier alpha value is -3.53. The largest absolute Gasteiger partial charge is 0.496 e. The molecule has 170 valence electrons. The van der Waals surface area contributed by atoms with Gasteiger partial charge in [-0.3, -0.25) is 19.7 Å². The summed E-state index contributed by atoms with van der Waals surface area (Å²) < 4.78 is 21.3. The number of nitro groups is 1. The van der Waals surface area contributed by atoms with Crippen LogP contribution >= 0.6 is 11.6 Å². The molecule has 0 spiro atoms. The summed E-state index contributed by atoms with van der Waals surface area (Å²) in [6.07, 6.45) is -0.641. The third-order valence-corrected chi connectivity index (χ3v) is 4.83. The maximum absolute atomic E-state index is 12.4. The second-order valence-corrected chi connectivity index (χ2v) is 7.30. The van der Waals surface area contributed by atoms with Crippen LogP contribution in [0, 0.1) is 10.1 Å². The summed E-state index contributed by atoms with van der Waals surface area (Å²) in [5.41, 5.74) is 0.138. The zero-order valence-electron chi connectivity index (χ0n) is 17.4. The number of nitrogens with zero attached hydrogens (tertiary/aromatic N) is 1. The maximum Gasteiger partial charge on any atom is 0.311 e. The Morgan fingerprint density at radius 1 is 1.25 bits per heavy atom. The number of fused-ring (bicyclic) bond motifs is 1. The third kappa shape index (κ3) is 5.58. The quantitative estimate of drug-likeness (QED) is 0.374. The molecule has 32 heavy (non-hydrogen) atoms. The van der Waals surface area contributed by atoms with Gasteiger partial charge in [0.25, 0.3) is 11.6 Å². The van der Waals surface area contributed by atoms with Gasteiger partial charge in [0.2, 0.25) is 0 Å². The second-order valence-electron chi connectivity index (χ2n) is 6.89. The fraction of sp³-hybridized carbons (Fsp3) is 0.333. The molecule has 0 saturated carbocycles. The fourth-order valence-electron chi connectivity index (χ4n) is 2.97. The van der Waals surface area contributed by atoms with Crippen molar-refractivity contribution < 1.29 is 33.5 Å². The Bertz CT molecular complexity index is 1040. The van der Waals surface area contributed by atoms with Crippen LogP contribution in [0.3, 0.4) is 0 Å². The van der Waals surface area contributed by atoms with Gasteiger partial charge in [-0.2, -0.15) is 0 Å². The van der Waals surface area contributed by atoms with Crippen molar-refractivity contribution in [1.82, 2.24) is 0 Å². The molecule has 2 aromatic carbocycles. The molecule has 0 fully saturated rings. The van der Waals surface area contributed by atoms with E-state index in [1.165, 1.54) is 32.2 Å². The molecule has 11 heteroatoms. The first-order chi connectivity index (χ1) is 15.3. The number of hydrogen-bond donors (Lipinski definition) is 1. The number of nitro benzene ring substituents is 1. The van der Waals surface area contributed by atoms with Crippen molar-refractivity contribution in [1.29, 1.82) is 0 Å². The number of anilines is 1. The first-order valence-corrected chi connectivity index (χ1v) is 10.1. The normalized spacial score (nSPS) is 13.5. The summed E-state index contributed by atoms with van der Waals surface area (Å²) in [5.74, 6) is -0.265. The summed E-state index contributed by atoms with van der Waals surface area (Å²) in [6, 6.07) is 7.19. The van der Waals surface area contributed by atoms with Crippen molar-refractivity contribution in [3.63, 3.8) is 0 Å². The van der Waals surface area contributed by atoms with E-state index in [4.69, 9.17) is 30.5 Å². The molecule has 1 aliphatic heterocycles. The molecule has 1 unspecified atom stereocenters. The Morgan fingerprint density at radius 3 is 2.72 bits per heavy atom. The molecule has 0 aromatic heterocycles. The van der Waals surface area contributed by atoms with E-state index >= 15 is 0 Å². The first kappa shape index (κ1) is 23.1. The summed E-state index contributed by atoms with van der Waals surface area (Å²) >= 11 is 6.23. The molecular formula is C21H21ClN2O8. The molecule has 0 aliphatic carbocycles. The number of hydrogen-bond acceptors (Lipinski definition) is 8. The molecule has 3 rings (SSSR count). The minimum atomic E-state index is -1.19. The predicted molar refractivity (Wildman–Crippen MR) is 115 cm³/mol. The van der Waals surface area contributed by atoms with Gasteiger partial charge in [0, 0.05) is 6.42 Å². The van der Waals surface area contributed by atoms with Crippen LogP contribution in [0.4, 0.5) is 11.4 Å². The van der Waals surface area contributed by atoms with Gasteiger partial charge in [-0.1, -0.05) is 11.6 Å². The van der Waals surface area contributed by atoms with Gasteiger partial charge in [-0.15, -0.1) is 0 Å². The van der Waals surface area contributed by atoms with Crippen molar-refractivity contribution in [3.05, 3.63) is 51.0 Å². The van der Waals surface area contributed by atoms with E-state index in [9.17, 15) is 19.7 Å². The van der Waals surface area contributed by atoms with Crippen molar-refractivity contribution >= 4 is 34.9 Å². The molecule has 1 N–H and O–H groups in total. The highest BCUT2D eigenvalue weighted by Gasteiger charge is 2.23. The Kier molecular flexibility index (Phi) is 7.37. The van der Waals surface area contributed by atoms with Crippen LogP contribution in [0.1, 0.15) is 18.9 Å². The molecule has 0 saturated heterocycles. The highest BCUT2D eigenvalue weighted by Crippen LogP contribution is 2.38. The monoisotopic (exact) mass is 464 g/mol. The van der Waals surface area contributed by atoms with Gasteiger partial charge >= 0.3 is 5.97 Å². The number of amides is 1. The van der Waals surface area contributed by atoms with Gasteiger partial charge in [-0.05, 0) is 36.8 Å². The Morgan fingerprint density at radius 2 is 2.00 bits per heavy atom. The van der Waals surface area contributed by atoms with Crippen molar-refractivity contribution in [3.8, 4) is 17.2 Å². The fourth-order valence-corrected chi connectivity index (χ4v) is 3.26. The van der Waals surface area contributed by atoms with E-state index in [-0.39, 0.29) is 23.5 Å². The predicted octanol–water partition coefficient (Wildman–Crippen LogP) is 3.53. The summed E-state index contributed by atoms with van der Waals surface area (Å²) in [7, 11) is 1.37. The van der Waals surface area contributed by atoms with Crippen LogP contribution in [0.5, 0.6) is 17.2 Å². The van der Waals surface area contributed by atoms with E-state index in [0.717, 1.165) is 0 Å². The van der Waals surface area contributed by atoms with Crippen LogP contribution in [0.15, 0.2) is 30.3 Å². The van der Waals surface area contributed by atoms with Crippen LogP contribution in [0.2, 0.25) is 5.02 Å². The van der Waals surface area contributed by atoms with Crippen molar-refractivity contribution in [2.45, 2.75) is 25.9 Å². The number of esters is 1. The number of nitrogens with one attached hydrogen (secondary N) is 1. The van der Waals surface area contributed by atoms with Crippen molar-refractivity contribution in [2.24, 2.45) is 0 Å². The lowest BCUT2D eigenvalue weighted by Gasteiger charge is -2.15. The van der Waals surface area contributed by atoms with E-state index < -0.39 is 22.9 Å². The summed E-state index contributed by atoms with van der Waals surface area (Å²) in [6.45, 7) is 2.31. The average Bonchev–Trinajstić information content (AvgIpc) is 2.99. The minimum Gasteiger partial charge on any atom is -0.496 e. The maximum atomic E-state index is 12.4. The lowest BCUT2D eigenvalue weighted by atomic mass is 10.1. The molecule has 10 nitrogen and oxygen atoms in total. The molecule has 2 aromatic rings. The van der Waals surface area contributed by atoms with Gasteiger partial charge < -0.3 is 24.3 Å². The van der Waals surface area contributed by atoms with Crippen LogP contribution in [-0.4, -0.2) is 43.2 Å². The van der Waals surface area contributed by atoms with Crippen molar-refractivity contribution in [2.75, 3.05) is 25.6 Å². The molecule has 1 atom stereocenters. The topological polar surface area (TPSA) is 126 Å². The van der Waals surface area contributed by atoms with E-state index in [1.807, 2.05) is 0 Å². The zero-order valence-corrected chi connectivity index (χ0v) is 18.1. The average molecular weight is 465 g/mol. The Balaban J connectivity index is 1.64. The smallest absolute Gasteiger partial charge is 0.311 e. The summed E-state index contributed by atoms with van der Waals surface area (Å²) in [5, 5.41) is 14.0. The van der Waals surface area contributed by atoms with Gasteiger partial charge in [0.05, 0.1) is 42.8 Å². The van der Waals surface area contributed by atoms with E-state index in [2.05, 4.69) is 5.32 Å². The number of methoxy groups -OCH3 is 1. The molecule has 0 bridgehead atoms. The minimum absolute atomic E-state index is 0.0432. The molecule has 0 radical (unpaired) electrons. The van der Waals surface area contributed by atoms with Crippen LogP contribution < -0.4 is 19.5 Å². The third-order valence-electron chi connectivity index (χ3n) is 4.55. The Labute approximate surface area is 188 Å². The number of rotatable bonds is 7. The van der Waals surface area contributed by atoms with Gasteiger partial charge in [0.15, 0.2) is 17.6 Å². The van der Waals surface area contributed by atoms with E-state index in [1.54, 1.807) is 12.1 Å². The molecule has 1 heterocycles. The lowest BCUT2D eigenvalue weighted by molar-refractivity contribution is -0.384. The molecule has 1 amide bonds.